The maximum Gasteiger partial charge on any atom is 0.257 e. The van der Waals surface area contributed by atoms with Crippen molar-refractivity contribution < 1.29 is 14.3 Å². The monoisotopic (exact) mass is 329 g/mol. The van der Waals surface area contributed by atoms with E-state index in [0.29, 0.717) is 17.4 Å². The van der Waals surface area contributed by atoms with Crippen LogP contribution in [0.4, 0.5) is 4.39 Å². The largest absolute Gasteiger partial charge is 0.396 e. The van der Waals surface area contributed by atoms with Gasteiger partial charge >= 0.3 is 0 Å². The van der Waals surface area contributed by atoms with Crippen LogP contribution in [0.2, 0.25) is 0 Å². The molecule has 1 aliphatic carbocycles. The molecular formula is C14H17BrFNO2. The summed E-state index contributed by atoms with van der Waals surface area (Å²) in [5.74, 6) is -0.779. The molecule has 19 heavy (non-hydrogen) atoms. The molecule has 5 heteroatoms. The van der Waals surface area contributed by atoms with Crippen molar-refractivity contribution in [2.45, 2.75) is 31.7 Å². The molecule has 1 aliphatic rings. The van der Waals surface area contributed by atoms with Gasteiger partial charge in [0.2, 0.25) is 0 Å². The van der Waals surface area contributed by atoms with Gasteiger partial charge in [0, 0.05) is 23.7 Å². The number of aliphatic hydroxyl groups excluding tert-OH is 1. The average molecular weight is 330 g/mol. The average Bonchev–Trinajstić information content (AvgIpc) is 2.34. The number of nitrogens with zero attached hydrogens (tertiary/aromatic N) is 1. The molecule has 0 saturated heterocycles. The first kappa shape index (κ1) is 14.5. The quantitative estimate of drug-likeness (QED) is 0.902. The third-order valence-electron chi connectivity index (χ3n) is 3.49. The van der Waals surface area contributed by atoms with E-state index < -0.39 is 5.82 Å². The van der Waals surface area contributed by atoms with Crippen LogP contribution >= 0.6 is 15.9 Å². The van der Waals surface area contributed by atoms with E-state index in [1.165, 1.54) is 12.1 Å². The van der Waals surface area contributed by atoms with Crippen molar-refractivity contribution in [2.75, 3.05) is 13.2 Å². The first-order chi connectivity index (χ1) is 9.13. The predicted octanol–water partition coefficient (Wildman–Crippen LogP) is 2.97. The number of carbonyl (C=O) groups is 1. The summed E-state index contributed by atoms with van der Waals surface area (Å²) in [6.07, 6.45) is 3.56. The zero-order valence-corrected chi connectivity index (χ0v) is 12.2. The lowest BCUT2D eigenvalue weighted by Crippen LogP contribution is -2.45. The zero-order chi connectivity index (χ0) is 13.8. The Hall–Kier alpha value is -0.940. The van der Waals surface area contributed by atoms with Gasteiger partial charge in [-0.05, 0) is 43.9 Å². The zero-order valence-electron chi connectivity index (χ0n) is 10.6. The predicted molar refractivity (Wildman–Crippen MR) is 74.5 cm³/mol. The molecule has 3 nitrogen and oxygen atoms in total. The Morgan fingerprint density at radius 3 is 2.79 bits per heavy atom. The molecule has 0 bridgehead atoms. The highest BCUT2D eigenvalue weighted by Gasteiger charge is 2.30. The summed E-state index contributed by atoms with van der Waals surface area (Å²) >= 11 is 3.26. The molecule has 0 aromatic heterocycles. The SMILES string of the molecule is O=C(c1cc(Br)ccc1F)N(CCCO)C1CCC1. The van der Waals surface area contributed by atoms with Gasteiger partial charge in [-0.15, -0.1) is 0 Å². The molecule has 0 spiro atoms. The number of halogens is 2. The number of hydrogen-bond acceptors (Lipinski definition) is 2. The smallest absolute Gasteiger partial charge is 0.257 e. The number of benzene rings is 1. The number of carbonyl (C=O) groups excluding carboxylic acids is 1. The number of aliphatic hydroxyl groups is 1. The normalized spacial score (nSPS) is 15.1. The lowest BCUT2D eigenvalue weighted by atomic mass is 9.90. The highest BCUT2D eigenvalue weighted by Crippen LogP contribution is 2.27. The second kappa shape index (κ2) is 6.48. The minimum absolute atomic E-state index is 0.0392. The third-order valence-corrected chi connectivity index (χ3v) is 3.99. The van der Waals surface area contributed by atoms with E-state index in [0.717, 1.165) is 19.3 Å². The van der Waals surface area contributed by atoms with E-state index >= 15 is 0 Å². The minimum Gasteiger partial charge on any atom is -0.396 e. The summed E-state index contributed by atoms with van der Waals surface area (Å²) in [7, 11) is 0. The maximum absolute atomic E-state index is 13.8. The molecule has 2 rings (SSSR count). The Morgan fingerprint density at radius 1 is 1.47 bits per heavy atom. The molecule has 1 aromatic carbocycles. The van der Waals surface area contributed by atoms with Crippen molar-refractivity contribution in [2.24, 2.45) is 0 Å². The lowest BCUT2D eigenvalue weighted by molar-refractivity contribution is 0.0558. The second-order valence-corrected chi connectivity index (χ2v) is 5.70. The van der Waals surface area contributed by atoms with Crippen molar-refractivity contribution in [3.63, 3.8) is 0 Å². The fourth-order valence-electron chi connectivity index (χ4n) is 2.21. The van der Waals surface area contributed by atoms with Crippen LogP contribution in [0.3, 0.4) is 0 Å². The minimum atomic E-state index is -0.499. The van der Waals surface area contributed by atoms with Gasteiger partial charge in [-0.25, -0.2) is 4.39 Å². The standard InChI is InChI=1S/C14H17BrFNO2/c15-10-5-6-13(16)12(9-10)14(19)17(7-2-8-18)11-3-1-4-11/h5-6,9,11,18H,1-4,7-8H2. The summed E-state index contributed by atoms with van der Waals surface area (Å²) in [5, 5.41) is 8.92. The van der Waals surface area contributed by atoms with Gasteiger partial charge in [-0.2, -0.15) is 0 Å². The van der Waals surface area contributed by atoms with E-state index in [4.69, 9.17) is 5.11 Å². The first-order valence-electron chi connectivity index (χ1n) is 6.50. The van der Waals surface area contributed by atoms with E-state index in [-0.39, 0.29) is 24.1 Å². The van der Waals surface area contributed by atoms with Gasteiger partial charge in [-0.3, -0.25) is 4.79 Å². The molecule has 1 fully saturated rings. The second-order valence-electron chi connectivity index (χ2n) is 4.78. The Balaban J connectivity index is 2.19. The molecule has 0 aliphatic heterocycles. The molecule has 1 N–H and O–H groups in total. The molecule has 1 aromatic rings. The Morgan fingerprint density at radius 2 is 2.21 bits per heavy atom. The van der Waals surface area contributed by atoms with Crippen LogP contribution in [-0.4, -0.2) is 35.1 Å². The number of rotatable bonds is 5. The van der Waals surface area contributed by atoms with Crippen molar-refractivity contribution in [3.05, 3.63) is 34.1 Å². The van der Waals surface area contributed by atoms with Crippen molar-refractivity contribution in [3.8, 4) is 0 Å². The van der Waals surface area contributed by atoms with Crippen LogP contribution in [0.25, 0.3) is 0 Å². The maximum atomic E-state index is 13.8. The number of hydrogen-bond donors (Lipinski definition) is 1. The van der Waals surface area contributed by atoms with Crippen molar-refractivity contribution in [1.82, 2.24) is 4.90 Å². The van der Waals surface area contributed by atoms with Crippen molar-refractivity contribution in [1.29, 1.82) is 0 Å². The van der Waals surface area contributed by atoms with Crippen LogP contribution in [0.1, 0.15) is 36.0 Å². The molecule has 0 heterocycles. The van der Waals surface area contributed by atoms with Gasteiger partial charge in [-0.1, -0.05) is 15.9 Å². The molecule has 0 atom stereocenters. The van der Waals surface area contributed by atoms with Gasteiger partial charge in [0.25, 0.3) is 5.91 Å². The molecular weight excluding hydrogens is 313 g/mol. The highest BCUT2D eigenvalue weighted by atomic mass is 79.9. The lowest BCUT2D eigenvalue weighted by Gasteiger charge is -2.37. The third kappa shape index (κ3) is 3.34. The van der Waals surface area contributed by atoms with Gasteiger partial charge < -0.3 is 10.0 Å². The van der Waals surface area contributed by atoms with Gasteiger partial charge in [0.15, 0.2) is 0 Å². The van der Waals surface area contributed by atoms with Crippen LogP contribution in [0.5, 0.6) is 0 Å². The Labute approximate surface area is 120 Å². The summed E-state index contributed by atoms with van der Waals surface area (Å²) in [6, 6.07) is 4.58. The summed E-state index contributed by atoms with van der Waals surface area (Å²) in [6.45, 7) is 0.517. The van der Waals surface area contributed by atoms with Crippen LogP contribution in [0, 0.1) is 5.82 Å². The summed E-state index contributed by atoms with van der Waals surface area (Å²) < 4.78 is 14.5. The fourth-order valence-corrected chi connectivity index (χ4v) is 2.57. The molecule has 0 radical (unpaired) electrons. The van der Waals surface area contributed by atoms with Gasteiger partial charge in [0.1, 0.15) is 5.82 Å². The fraction of sp³-hybridized carbons (Fsp3) is 0.500. The summed E-state index contributed by atoms with van der Waals surface area (Å²) in [4.78, 5) is 14.1. The van der Waals surface area contributed by atoms with Gasteiger partial charge in [0.05, 0.1) is 5.56 Å². The molecule has 0 unspecified atom stereocenters. The molecule has 1 amide bonds. The summed E-state index contributed by atoms with van der Waals surface area (Å²) in [5.41, 5.74) is 0.0965. The van der Waals surface area contributed by atoms with Crippen LogP contribution < -0.4 is 0 Å². The van der Waals surface area contributed by atoms with E-state index in [2.05, 4.69) is 15.9 Å². The Bertz CT molecular complexity index is 463. The Kier molecular flexibility index (Phi) is 4.93. The van der Waals surface area contributed by atoms with E-state index in [1.54, 1.807) is 11.0 Å². The highest BCUT2D eigenvalue weighted by molar-refractivity contribution is 9.10. The topological polar surface area (TPSA) is 40.5 Å². The molecule has 1 saturated carbocycles. The van der Waals surface area contributed by atoms with E-state index in [1.807, 2.05) is 0 Å². The van der Waals surface area contributed by atoms with Crippen molar-refractivity contribution >= 4 is 21.8 Å². The molecule has 104 valence electrons. The first-order valence-corrected chi connectivity index (χ1v) is 7.29. The van der Waals surface area contributed by atoms with Crippen LogP contribution in [0.15, 0.2) is 22.7 Å². The van der Waals surface area contributed by atoms with Crippen LogP contribution in [-0.2, 0) is 0 Å². The van der Waals surface area contributed by atoms with E-state index in [9.17, 15) is 9.18 Å². The number of amides is 1.